The second-order valence-electron chi connectivity index (χ2n) is 3.58. The van der Waals surface area contributed by atoms with Gasteiger partial charge in [-0.1, -0.05) is 18.7 Å². The molecule has 0 saturated carbocycles. The highest BCUT2D eigenvalue weighted by atomic mass is 127. The van der Waals surface area contributed by atoms with Crippen molar-refractivity contribution in [2.75, 3.05) is 13.2 Å². The van der Waals surface area contributed by atoms with Crippen LogP contribution in [0.4, 0.5) is 0 Å². The Morgan fingerprint density at radius 1 is 1.59 bits per heavy atom. The number of hydrogen-bond donors (Lipinski definition) is 1. The van der Waals surface area contributed by atoms with Gasteiger partial charge in [0.25, 0.3) is 5.91 Å². The molecule has 0 atom stereocenters. The third-order valence-electron chi connectivity index (χ3n) is 2.28. The number of halogens is 1. The van der Waals surface area contributed by atoms with E-state index in [-0.39, 0.29) is 5.91 Å². The fourth-order valence-corrected chi connectivity index (χ4v) is 1.96. The number of benzene rings is 1. The predicted octanol–water partition coefficient (Wildman–Crippen LogP) is 2.88. The molecule has 0 fully saturated rings. The summed E-state index contributed by atoms with van der Waals surface area (Å²) in [4.78, 5) is 11.9. The molecule has 0 unspecified atom stereocenters. The third kappa shape index (κ3) is 4.38. The first-order valence-corrected chi connectivity index (χ1v) is 6.50. The SMILES string of the molecule is C=COCCCNC(=O)c1cccc(C)c1I. The van der Waals surface area contributed by atoms with Crippen LogP contribution in [0.3, 0.4) is 0 Å². The van der Waals surface area contributed by atoms with Gasteiger partial charge in [-0.25, -0.2) is 0 Å². The molecule has 1 aromatic carbocycles. The molecule has 1 aromatic rings. The highest BCUT2D eigenvalue weighted by Gasteiger charge is 2.09. The largest absolute Gasteiger partial charge is 0.502 e. The first-order chi connectivity index (χ1) is 8.16. The van der Waals surface area contributed by atoms with E-state index in [1.165, 1.54) is 6.26 Å². The minimum absolute atomic E-state index is 0.0308. The zero-order valence-electron chi connectivity index (χ0n) is 9.83. The summed E-state index contributed by atoms with van der Waals surface area (Å²) in [6.45, 7) is 6.63. The van der Waals surface area contributed by atoms with Gasteiger partial charge < -0.3 is 10.1 Å². The summed E-state index contributed by atoms with van der Waals surface area (Å²) in [7, 11) is 0. The standard InChI is InChI=1S/C13H16INO2/c1-3-17-9-5-8-15-13(16)11-7-4-6-10(2)12(11)14/h3-4,6-7H,1,5,8-9H2,2H3,(H,15,16). The summed E-state index contributed by atoms with van der Waals surface area (Å²) in [5, 5.41) is 2.87. The maximum absolute atomic E-state index is 11.9. The monoisotopic (exact) mass is 345 g/mol. The predicted molar refractivity (Wildman–Crippen MR) is 77.0 cm³/mol. The molecule has 0 saturated heterocycles. The number of ether oxygens (including phenoxy) is 1. The molecule has 0 aliphatic rings. The van der Waals surface area contributed by atoms with Crippen LogP contribution in [0.2, 0.25) is 0 Å². The quantitative estimate of drug-likeness (QED) is 0.489. The molecule has 0 heterocycles. The molecule has 1 N–H and O–H groups in total. The van der Waals surface area contributed by atoms with Gasteiger partial charge in [-0.2, -0.15) is 0 Å². The Balaban J connectivity index is 2.47. The van der Waals surface area contributed by atoms with Gasteiger partial charge in [-0.05, 0) is 47.6 Å². The average molecular weight is 345 g/mol. The Kier molecular flexibility index (Phi) is 6.04. The van der Waals surface area contributed by atoms with Crippen molar-refractivity contribution in [1.29, 1.82) is 0 Å². The fraction of sp³-hybridized carbons (Fsp3) is 0.308. The van der Waals surface area contributed by atoms with E-state index in [0.29, 0.717) is 13.2 Å². The molecule has 0 aliphatic heterocycles. The summed E-state index contributed by atoms with van der Waals surface area (Å²) < 4.78 is 5.98. The molecule has 0 bridgehead atoms. The number of nitrogens with one attached hydrogen (secondary N) is 1. The lowest BCUT2D eigenvalue weighted by Gasteiger charge is -2.08. The molecular weight excluding hydrogens is 329 g/mol. The van der Waals surface area contributed by atoms with E-state index >= 15 is 0 Å². The number of amides is 1. The summed E-state index contributed by atoms with van der Waals surface area (Å²) in [6.07, 6.45) is 2.19. The Bertz CT molecular complexity index is 404. The van der Waals surface area contributed by atoms with Crippen LogP contribution >= 0.6 is 22.6 Å². The van der Waals surface area contributed by atoms with Crippen molar-refractivity contribution >= 4 is 28.5 Å². The average Bonchev–Trinajstić information content (AvgIpc) is 2.32. The second kappa shape index (κ2) is 7.32. The Morgan fingerprint density at radius 3 is 3.06 bits per heavy atom. The molecule has 1 amide bonds. The maximum Gasteiger partial charge on any atom is 0.252 e. The summed E-state index contributed by atoms with van der Waals surface area (Å²) in [5.41, 5.74) is 1.85. The van der Waals surface area contributed by atoms with Crippen LogP contribution in [-0.2, 0) is 4.74 Å². The Morgan fingerprint density at radius 2 is 2.35 bits per heavy atom. The topological polar surface area (TPSA) is 38.3 Å². The van der Waals surface area contributed by atoms with Gasteiger partial charge in [-0.15, -0.1) is 0 Å². The van der Waals surface area contributed by atoms with Gasteiger partial charge in [0, 0.05) is 10.1 Å². The maximum atomic E-state index is 11.9. The van der Waals surface area contributed by atoms with Crippen LogP contribution in [0.1, 0.15) is 22.3 Å². The minimum Gasteiger partial charge on any atom is -0.502 e. The highest BCUT2D eigenvalue weighted by molar-refractivity contribution is 14.1. The van der Waals surface area contributed by atoms with Crippen molar-refractivity contribution in [1.82, 2.24) is 5.32 Å². The van der Waals surface area contributed by atoms with Gasteiger partial charge in [0.05, 0.1) is 18.4 Å². The van der Waals surface area contributed by atoms with Gasteiger partial charge >= 0.3 is 0 Å². The van der Waals surface area contributed by atoms with Crippen molar-refractivity contribution in [2.45, 2.75) is 13.3 Å². The molecular formula is C13H16INO2. The first-order valence-electron chi connectivity index (χ1n) is 5.42. The third-order valence-corrected chi connectivity index (χ3v) is 3.71. The van der Waals surface area contributed by atoms with Crippen LogP contribution in [0.5, 0.6) is 0 Å². The zero-order valence-corrected chi connectivity index (χ0v) is 12.0. The van der Waals surface area contributed by atoms with E-state index in [1.54, 1.807) is 0 Å². The fourth-order valence-electron chi connectivity index (χ4n) is 1.36. The smallest absolute Gasteiger partial charge is 0.252 e. The Labute approximate surface area is 115 Å². The summed E-state index contributed by atoms with van der Waals surface area (Å²) >= 11 is 2.20. The van der Waals surface area contributed by atoms with Crippen molar-refractivity contribution in [3.05, 3.63) is 45.7 Å². The van der Waals surface area contributed by atoms with Crippen molar-refractivity contribution < 1.29 is 9.53 Å². The normalized spacial score (nSPS) is 9.76. The van der Waals surface area contributed by atoms with Crippen molar-refractivity contribution in [2.24, 2.45) is 0 Å². The minimum atomic E-state index is -0.0308. The Hall–Kier alpha value is -1.04. The summed E-state index contributed by atoms with van der Waals surface area (Å²) in [5.74, 6) is -0.0308. The van der Waals surface area contributed by atoms with E-state index in [0.717, 1.165) is 21.1 Å². The van der Waals surface area contributed by atoms with Crippen LogP contribution in [0, 0.1) is 10.5 Å². The van der Waals surface area contributed by atoms with E-state index in [4.69, 9.17) is 4.74 Å². The van der Waals surface area contributed by atoms with Crippen LogP contribution in [0.15, 0.2) is 31.0 Å². The number of rotatable bonds is 6. The van der Waals surface area contributed by atoms with Crippen LogP contribution in [-0.4, -0.2) is 19.1 Å². The van der Waals surface area contributed by atoms with Crippen molar-refractivity contribution in [3.63, 3.8) is 0 Å². The van der Waals surface area contributed by atoms with E-state index in [1.807, 2.05) is 25.1 Å². The van der Waals surface area contributed by atoms with Gasteiger partial charge in [0.1, 0.15) is 0 Å². The molecule has 92 valence electrons. The molecule has 0 spiro atoms. The lowest BCUT2D eigenvalue weighted by molar-refractivity contribution is 0.0949. The molecule has 1 rings (SSSR count). The molecule has 17 heavy (non-hydrogen) atoms. The lowest BCUT2D eigenvalue weighted by Crippen LogP contribution is -2.26. The molecule has 3 nitrogen and oxygen atoms in total. The van der Waals surface area contributed by atoms with Crippen LogP contribution < -0.4 is 5.32 Å². The number of hydrogen-bond acceptors (Lipinski definition) is 2. The van der Waals surface area contributed by atoms with Crippen LogP contribution in [0.25, 0.3) is 0 Å². The molecule has 0 aromatic heterocycles. The van der Waals surface area contributed by atoms with E-state index in [9.17, 15) is 4.79 Å². The molecule has 0 radical (unpaired) electrons. The van der Waals surface area contributed by atoms with E-state index in [2.05, 4.69) is 34.5 Å². The first kappa shape index (κ1) is 14.0. The van der Waals surface area contributed by atoms with Gasteiger partial charge in [-0.3, -0.25) is 4.79 Å². The molecule has 0 aliphatic carbocycles. The number of carbonyl (C=O) groups is 1. The zero-order chi connectivity index (χ0) is 12.7. The highest BCUT2D eigenvalue weighted by Crippen LogP contribution is 2.16. The number of carbonyl (C=O) groups excluding carboxylic acids is 1. The van der Waals surface area contributed by atoms with Gasteiger partial charge in [0.2, 0.25) is 0 Å². The van der Waals surface area contributed by atoms with E-state index < -0.39 is 0 Å². The number of aryl methyl sites for hydroxylation is 1. The van der Waals surface area contributed by atoms with Crippen molar-refractivity contribution in [3.8, 4) is 0 Å². The second-order valence-corrected chi connectivity index (χ2v) is 4.66. The van der Waals surface area contributed by atoms with Gasteiger partial charge in [0.15, 0.2) is 0 Å². The summed E-state index contributed by atoms with van der Waals surface area (Å²) in [6, 6.07) is 5.73. The lowest BCUT2D eigenvalue weighted by atomic mass is 10.1. The molecule has 4 heteroatoms.